The summed E-state index contributed by atoms with van der Waals surface area (Å²) in [7, 11) is 1.58. The molecular weight excluding hydrogens is 392 g/mol. The van der Waals surface area contributed by atoms with Crippen LogP contribution >= 0.6 is 0 Å². The van der Waals surface area contributed by atoms with Crippen molar-refractivity contribution in [1.82, 2.24) is 0 Å². The second-order valence-electron chi connectivity index (χ2n) is 8.51. The van der Waals surface area contributed by atoms with Crippen LogP contribution in [0.2, 0.25) is 0 Å². The lowest BCUT2D eigenvalue weighted by atomic mass is 9.86. The van der Waals surface area contributed by atoms with Gasteiger partial charge >= 0.3 is 5.97 Å². The molecule has 2 aromatic rings. The molecular formula is C26H30O5. The number of methoxy groups -OCH3 is 1. The fourth-order valence-electron chi connectivity index (χ4n) is 2.88. The van der Waals surface area contributed by atoms with E-state index in [2.05, 4.69) is 20.8 Å². The fourth-order valence-corrected chi connectivity index (χ4v) is 2.88. The summed E-state index contributed by atoms with van der Waals surface area (Å²) in [6.07, 6.45) is 4.89. The smallest absolute Gasteiger partial charge is 0.336 e. The first-order valence-electron chi connectivity index (χ1n) is 10.1. The summed E-state index contributed by atoms with van der Waals surface area (Å²) in [6, 6.07) is 10.3. The quantitative estimate of drug-likeness (QED) is 0.324. The summed E-state index contributed by atoms with van der Waals surface area (Å²) in [6.45, 7) is 10.6. The zero-order chi connectivity index (χ0) is 23.2. The summed E-state index contributed by atoms with van der Waals surface area (Å²) in [5.41, 5.74) is 2.92. The predicted molar refractivity (Wildman–Crippen MR) is 123 cm³/mol. The van der Waals surface area contributed by atoms with Crippen LogP contribution in [0.1, 0.15) is 66.5 Å². The van der Waals surface area contributed by atoms with Crippen LogP contribution in [0, 0.1) is 0 Å². The van der Waals surface area contributed by atoms with Gasteiger partial charge in [-0.3, -0.25) is 4.79 Å². The molecule has 0 saturated heterocycles. The van der Waals surface area contributed by atoms with Crippen LogP contribution in [-0.2, 0) is 5.41 Å². The van der Waals surface area contributed by atoms with Gasteiger partial charge in [0.2, 0.25) is 0 Å². The highest BCUT2D eigenvalue weighted by molar-refractivity contribution is 6.12. The third-order valence-electron chi connectivity index (χ3n) is 4.74. The maximum Gasteiger partial charge on any atom is 0.336 e. The molecule has 0 fully saturated rings. The van der Waals surface area contributed by atoms with Crippen LogP contribution in [0.4, 0.5) is 0 Å². The molecule has 0 aliphatic heterocycles. The Morgan fingerprint density at radius 3 is 2.32 bits per heavy atom. The molecule has 0 unspecified atom stereocenters. The van der Waals surface area contributed by atoms with Crippen molar-refractivity contribution in [2.24, 2.45) is 0 Å². The van der Waals surface area contributed by atoms with Crippen molar-refractivity contribution in [1.29, 1.82) is 0 Å². The molecule has 2 aromatic carbocycles. The molecule has 0 aromatic heterocycles. The van der Waals surface area contributed by atoms with E-state index in [0.717, 1.165) is 16.7 Å². The minimum Gasteiger partial charge on any atom is -0.496 e. The summed E-state index contributed by atoms with van der Waals surface area (Å²) in [4.78, 5) is 24.4. The highest BCUT2D eigenvalue weighted by Gasteiger charge is 2.17. The van der Waals surface area contributed by atoms with E-state index >= 15 is 0 Å². The number of aromatic carboxylic acids is 1. The first-order chi connectivity index (χ1) is 14.5. The largest absolute Gasteiger partial charge is 0.496 e. The van der Waals surface area contributed by atoms with Gasteiger partial charge in [-0.2, -0.15) is 0 Å². The minimum absolute atomic E-state index is 0.0306. The van der Waals surface area contributed by atoms with Gasteiger partial charge in [0.1, 0.15) is 18.1 Å². The van der Waals surface area contributed by atoms with E-state index < -0.39 is 11.8 Å². The molecule has 2 rings (SSSR count). The highest BCUT2D eigenvalue weighted by atomic mass is 16.5. The van der Waals surface area contributed by atoms with Crippen molar-refractivity contribution in [3.05, 3.63) is 76.4 Å². The standard InChI is InChI=1S/C26H30O5/c1-17(2)13-14-31-20-10-11-21(22(16-20)25(28)29)23(27)12-8-18-7-9-19(26(3,4)5)15-24(18)30-6/h7-13,15-16H,14H2,1-6H3,(H,28,29). The average molecular weight is 423 g/mol. The number of ether oxygens (including phenoxy) is 2. The zero-order valence-corrected chi connectivity index (χ0v) is 19.0. The number of ketones is 1. The molecule has 0 spiro atoms. The Balaban J connectivity index is 2.29. The van der Waals surface area contributed by atoms with Crippen molar-refractivity contribution < 1.29 is 24.2 Å². The Labute approximate surface area is 184 Å². The molecule has 164 valence electrons. The first kappa shape index (κ1) is 23.9. The summed E-state index contributed by atoms with van der Waals surface area (Å²) in [5, 5.41) is 9.56. The third kappa shape index (κ3) is 6.57. The van der Waals surface area contributed by atoms with Crippen molar-refractivity contribution in [2.75, 3.05) is 13.7 Å². The van der Waals surface area contributed by atoms with Crippen LogP contribution in [0.15, 0.2) is 54.1 Å². The van der Waals surface area contributed by atoms with Crippen molar-refractivity contribution in [2.45, 2.75) is 40.0 Å². The Kier molecular flexibility index (Phi) is 7.81. The summed E-state index contributed by atoms with van der Waals surface area (Å²) < 4.78 is 11.0. The van der Waals surface area contributed by atoms with Gasteiger partial charge in [0, 0.05) is 11.1 Å². The average Bonchev–Trinajstić information content (AvgIpc) is 2.70. The Morgan fingerprint density at radius 1 is 1.03 bits per heavy atom. The minimum atomic E-state index is -1.18. The molecule has 0 aliphatic rings. The normalized spacial score (nSPS) is 11.3. The molecule has 0 aliphatic carbocycles. The summed E-state index contributed by atoms with van der Waals surface area (Å²) in [5.74, 6) is -0.542. The van der Waals surface area contributed by atoms with E-state index in [1.807, 2.05) is 38.1 Å². The van der Waals surface area contributed by atoms with Crippen LogP contribution < -0.4 is 9.47 Å². The summed E-state index contributed by atoms with van der Waals surface area (Å²) >= 11 is 0. The number of carboxylic acid groups (broad SMARTS) is 1. The molecule has 31 heavy (non-hydrogen) atoms. The lowest BCUT2D eigenvalue weighted by Gasteiger charge is -2.20. The Bertz CT molecular complexity index is 1020. The SMILES string of the molecule is COc1cc(C(C)(C)C)ccc1C=CC(=O)c1ccc(OCC=C(C)C)cc1C(=O)O. The molecule has 0 saturated carbocycles. The van der Waals surface area contributed by atoms with Crippen LogP contribution in [-0.4, -0.2) is 30.6 Å². The topological polar surface area (TPSA) is 72.8 Å². The van der Waals surface area contributed by atoms with Gasteiger partial charge < -0.3 is 14.6 Å². The number of benzene rings is 2. The van der Waals surface area contributed by atoms with Gasteiger partial charge in [-0.1, -0.05) is 38.5 Å². The van der Waals surface area contributed by atoms with Crippen molar-refractivity contribution in [3.8, 4) is 11.5 Å². The molecule has 0 atom stereocenters. The van der Waals surface area contributed by atoms with Gasteiger partial charge in [-0.05, 0) is 67.3 Å². The Hall–Kier alpha value is -3.34. The maximum absolute atomic E-state index is 12.7. The number of carboxylic acids is 1. The first-order valence-corrected chi connectivity index (χ1v) is 10.1. The van der Waals surface area contributed by atoms with Crippen LogP contribution in [0.25, 0.3) is 6.08 Å². The predicted octanol–water partition coefficient (Wildman–Crippen LogP) is 5.93. The van der Waals surface area contributed by atoms with E-state index in [-0.39, 0.29) is 16.5 Å². The molecule has 5 heteroatoms. The van der Waals surface area contributed by atoms with Crippen molar-refractivity contribution in [3.63, 3.8) is 0 Å². The highest BCUT2D eigenvalue weighted by Crippen LogP contribution is 2.29. The van der Waals surface area contributed by atoms with Crippen LogP contribution in [0.3, 0.4) is 0 Å². The zero-order valence-electron chi connectivity index (χ0n) is 19.0. The second kappa shape index (κ2) is 10.1. The molecule has 1 N–H and O–H groups in total. The van der Waals surface area contributed by atoms with E-state index in [4.69, 9.17) is 9.47 Å². The molecule has 0 radical (unpaired) electrons. The monoisotopic (exact) mass is 422 g/mol. The van der Waals surface area contributed by atoms with E-state index in [0.29, 0.717) is 18.1 Å². The lowest BCUT2D eigenvalue weighted by Crippen LogP contribution is -2.11. The third-order valence-corrected chi connectivity index (χ3v) is 4.74. The molecule has 5 nitrogen and oxygen atoms in total. The van der Waals surface area contributed by atoms with Crippen LogP contribution in [0.5, 0.6) is 11.5 Å². The molecule has 0 amide bonds. The second-order valence-corrected chi connectivity index (χ2v) is 8.51. The van der Waals surface area contributed by atoms with Crippen molar-refractivity contribution >= 4 is 17.8 Å². The van der Waals surface area contributed by atoms with E-state index in [1.165, 1.54) is 18.2 Å². The van der Waals surface area contributed by atoms with Gasteiger partial charge in [0.05, 0.1) is 12.7 Å². The maximum atomic E-state index is 12.7. The fraction of sp³-hybridized carbons (Fsp3) is 0.308. The molecule has 0 bridgehead atoms. The number of hydrogen-bond donors (Lipinski definition) is 1. The van der Waals surface area contributed by atoms with Gasteiger partial charge in [-0.15, -0.1) is 0 Å². The molecule has 0 heterocycles. The van der Waals surface area contributed by atoms with Gasteiger partial charge in [-0.25, -0.2) is 4.79 Å². The number of allylic oxidation sites excluding steroid dienone is 2. The number of hydrogen-bond acceptors (Lipinski definition) is 4. The number of rotatable bonds is 8. The van der Waals surface area contributed by atoms with E-state index in [1.54, 1.807) is 19.3 Å². The number of carbonyl (C=O) groups excluding carboxylic acids is 1. The lowest BCUT2D eigenvalue weighted by molar-refractivity contribution is 0.0692. The van der Waals surface area contributed by atoms with Gasteiger partial charge in [0.15, 0.2) is 5.78 Å². The van der Waals surface area contributed by atoms with Gasteiger partial charge in [0.25, 0.3) is 0 Å². The number of carbonyl (C=O) groups is 2. The van der Waals surface area contributed by atoms with E-state index in [9.17, 15) is 14.7 Å². The Morgan fingerprint density at radius 2 is 1.74 bits per heavy atom.